The summed E-state index contributed by atoms with van der Waals surface area (Å²) < 4.78 is 16.0. The molecular weight excluding hydrogens is 231 g/mol. The van der Waals surface area contributed by atoms with Crippen LogP contribution >= 0.6 is 22.1 Å². The minimum absolute atomic E-state index is 0.609. The molecule has 0 unspecified atom stereocenters. The summed E-state index contributed by atoms with van der Waals surface area (Å²) in [6, 6.07) is 0. The zero-order valence-corrected chi connectivity index (χ0v) is 9.81. The summed E-state index contributed by atoms with van der Waals surface area (Å²) in [5.41, 5.74) is 0. The molecule has 0 atom stereocenters. The van der Waals surface area contributed by atoms with Gasteiger partial charge >= 0.3 is 76.3 Å². The summed E-state index contributed by atoms with van der Waals surface area (Å²) in [6.07, 6.45) is 0. The van der Waals surface area contributed by atoms with E-state index < -0.39 is 6.65 Å². The number of rotatable bonds is 6. The van der Waals surface area contributed by atoms with Crippen LogP contribution in [0.25, 0.3) is 0 Å². The zero-order valence-electron chi connectivity index (χ0n) is 7.22. The van der Waals surface area contributed by atoms with Crippen molar-refractivity contribution in [3.8, 4) is 0 Å². The molecule has 0 aromatic heterocycles. The summed E-state index contributed by atoms with van der Waals surface area (Å²) in [4.78, 5) is 0. The van der Waals surface area contributed by atoms with E-state index in [2.05, 4.69) is 15.5 Å². The molecule has 3 nitrogen and oxygen atoms in total. The van der Waals surface area contributed by atoms with Crippen molar-refractivity contribution >= 4 is 22.1 Å². The predicted octanol–water partition coefficient (Wildman–Crippen LogP) is 2.90. The Morgan fingerprint density at radius 1 is 0.909 bits per heavy atom. The van der Waals surface area contributed by atoms with Crippen molar-refractivity contribution in [1.82, 2.24) is 0 Å². The Labute approximate surface area is 76.7 Å². The third-order valence-corrected chi connectivity index (χ3v) is 4.91. The van der Waals surface area contributed by atoms with E-state index in [1.165, 1.54) is 0 Å². The molecule has 0 saturated heterocycles. The molecule has 11 heavy (non-hydrogen) atoms. The first kappa shape index (κ1) is 11.8. The average Bonchev–Trinajstić information content (AvgIpc) is 1.88. The summed E-state index contributed by atoms with van der Waals surface area (Å²) in [5, 5.41) is 0. The first-order chi connectivity index (χ1) is 5.18. The van der Waals surface area contributed by atoms with Crippen LogP contribution in [0.2, 0.25) is 0 Å². The van der Waals surface area contributed by atoms with Crippen LogP contribution in [0.1, 0.15) is 20.8 Å². The molecule has 0 aromatic rings. The maximum atomic E-state index is 5.32. The second kappa shape index (κ2) is 6.32. The zero-order chi connectivity index (χ0) is 8.74. The van der Waals surface area contributed by atoms with Crippen molar-refractivity contribution in [3.63, 3.8) is 0 Å². The van der Waals surface area contributed by atoms with Gasteiger partial charge in [0.25, 0.3) is 0 Å². The molecule has 0 rings (SSSR count). The van der Waals surface area contributed by atoms with E-state index in [1.54, 1.807) is 0 Å². The molecule has 70 valence electrons. The van der Waals surface area contributed by atoms with Crippen LogP contribution < -0.4 is 0 Å². The molecular formula is C6H16BrO3P. The molecule has 0 amide bonds. The minimum atomic E-state index is -2.44. The van der Waals surface area contributed by atoms with Gasteiger partial charge in [-0.15, -0.1) is 0 Å². The van der Waals surface area contributed by atoms with E-state index in [0.717, 1.165) is 0 Å². The Hall–Kier alpha value is 0.790. The molecule has 0 saturated carbocycles. The molecule has 5 heteroatoms. The molecule has 0 radical (unpaired) electrons. The third-order valence-electron chi connectivity index (χ3n) is 0.950. The number of halogens is 1. The Balaban J connectivity index is 3.79. The maximum absolute atomic E-state index is 5.32. The van der Waals surface area contributed by atoms with Crippen molar-refractivity contribution < 1.29 is 13.6 Å². The summed E-state index contributed by atoms with van der Waals surface area (Å²) in [5.74, 6) is 0. The second-order valence-electron chi connectivity index (χ2n) is 1.78. The van der Waals surface area contributed by atoms with Gasteiger partial charge in [0.1, 0.15) is 0 Å². The summed E-state index contributed by atoms with van der Waals surface area (Å²) in [7, 11) is 0. The van der Waals surface area contributed by atoms with Crippen molar-refractivity contribution in [2.24, 2.45) is 0 Å². The van der Waals surface area contributed by atoms with Crippen LogP contribution in [0.4, 0.5) is 0 Å². The van der Waals surface area contributed by atoms with Gasteiger partial charge in [-0.3, -0.25) is 0 Å². The van der Waals surface area contributed by atoms with Crippen LogP contribution in [0.5, 0.6) is 0 Å². The van der Waals surface area contributed by atoms with Crippen LogP contribution in [-0.4, -0.2) is 19.8 Å². The SMILES string of the molecule is CCO[PH](Br)(OCC)OCC. The Morgan fingerprint density at radius 2 is 1.18 bits per heavy atom. The van der Waals surface area contributed by atoms with Crippen molar-refractivity contribution in [3.05, 3.63) is 0 Å². The molecule has 0 spiro atoms. The van der Waals surface area contributed by atoms with Gasteiger partial charge in [0.05, 0.1) is 0 Å². The van der Waals surface area contributed by atoms with E-state index in [-0.39, 0.29) is 0 Å². The normalized spacial score (nSPS) is 13.5. The van der Waals surface area contributed by atoms with Gasteiger partial charge in [-0.05, 0) is 0 Å². The van der Waals surface area contributed by atoms with Crippen LogP contribution in [0.3, 0.4) is 0 Å². The molecule has 0 fully saturated rings. The average molecular weight is 247 g/mol. The molecule has 0 aliphatic rings. The topological polar surface area (TPSA) is 27.7 Å². The second-order valence-corrected chi connectivity index (χ2v) is 6.52. The Morgan fingerprint density at radius 3 is 1.36 bits per heavy atom. The van der Waals surface area contributed by atoms with Gasteiger partial charge in [-0.2, -0.15) is 0 Å². The van der Waals surface area contributed by atoms with E-state index in [9.17, 15) is 0 Å². The van der Waals surface area contributed by atoms with Gasteiger partial charge in [-0.25, -0.2) is 0 Å². The van der Waals surface area contributed by atoms with E-state index in [0.29, 0.717) is 19.8 Å². The fourth-order valence-corrected chi connectivity index (χ4v) is 3.99. The monoisotopic (exact) mass is 246 g/mol. The summed E-state index contributed by atoms with van der Waals surface area (Å²) in [6.45, 7) is 5.14. The quantitative estimate of drug-likeness (QED) is 0.675. The first-order valence-corrected chi connectivity index (χ1v) is 7.77. The third kappa shape index (κ3) is 5.10. The van der Waals surface area contributed by atoms with E-state index in [4.69, 9.17) is 13.6 Å². The first-order valence-electron chi connectivity index (χ1n) is 3.79. The molecule has 0 bridgehead atoms. The predicted molar refractivity (Wildman–Crippen MR) is 52.1 cm³/mol. The van der Waals surface area contributed by atoms with Gasteiger partial charge in [0.15, 0.2) is 0 Å². The van der Waals surface area contributed by atoms with Gasteiger partial charge < -0.3 is 0 Å². The van der Waals surface area contributed by atoms with Crippen molar-refractivity contribution in [2.45, 2.75) is 20.8 Å². The van der Waals surface area contributed by atoms with Crippen molar-refractivity contribution in [1.29, 1.82) is 0 Å². The standard InChI is InChI=1S/C6H16BrO3P/c1-4-8-11(7,9-5-2)10-6-3/h11H,4-6H2,1-3H3. The van der Waals surface area contributed by atoms with E-state index in [1.807, 2.05) is 20.8 Å². The molecule has 0 aliphatic carbocycles. The van der Waals surface area contributed by atoms with Gasteiger partial charge in [0, 0.05) is 0 Å². The van der Waals surface area contributed by atoms with E-state index >= 15 is 0 Å². The fourth-order valence-electron chi connectivity index (χ4n) is 0.642. The fraction of sp³-hybridized carbons (Fsp3) is 1.00. The van der Waals surface area contributed by atoms with Crippen molar-refractivity contribution in [2.75, 3.05) is 19.8 Å². The van der Waals surface area contributed by atoms with Gasteiger partial charge in [-0.1, -0.05) is 0 Å². The summed E-state index contributed by atoms with van der Waals surface area (Å²) >= 11 is 3.34. The van der Waals surface area contributed by atoms with Crippen LogP contribution in [-0.2, 0) is 13.6 Å². The molecule has 0 aliphatic heterocycles. The molecule has 0 N–H and O–H groups in total. The van der Waals surface area contributed by atoms with Gasteiger partial charge in [0.2, 0.25) is 0 Å². The van der Waals surface area contributed by atoms with Crippen LogP contribution in [0.15, 0.2) is 0 Å². The molecule has 0 heterocycles. The number of hydrogen-bond acceptors (Lipinski definition) is 3. The van der Waals surface area contributed by atoms with Crippen LogP contribution in [0, 0.1) is 0 Å². The Bertz CT molecular complexity index is 84.8. The molecule has 0 aromatic carbocycles. The number of hydrogen-bond donors (Lipinski definition) is 0. The Kier molecular flexibility index (Phi) is 6.78.